The maximum atomic E-state index is 13.1. The zero-order valence-electron chi connectivity index (χ0n) is 20.1. The van der Waals surface area contributed by atoms with Gasteiger partial charge in [-0.3, -0.25) is 22.9 Å². The largest absolute Gasteiger partial charge is 0.416 e. The summed E-state index contributed by atoms with van der Waals surface area (Å²) in [6, 6.07) is 3.85. The highest BCUT2D eigenvalue weighted by molar-refractivity contribution is 14.2. The van der Waals surface area contributed by atoms with Gasteiger partial charge in [0.25, 0.3) is 0 Å². The molecule has 198 valence electrons. The Kier molecular flexibility index (Phi) is 8.32. The first kappa shape index (κ1) is 26.9. The number of halogens is 4. The van der Waals surface area contributed by atoms with E-state index in [1.165, 1.54) is 10.7 Å². The van der Waals surface area contributed by atoms with Crippen LogP contribution in [0.5, 0.6) is 0 Å². The number of aliphatic hydroxyl groups is 1. The highest BCUT2D eigenvalue weighted by Crippen LogP contribution is 2.34. The molecule has 0 spiro atoms. The Labute approximate surface area is 217 Å². The fraction of sp³-hybridized carbons (Fsp3) is 0.565. The smallest absolute Gasteiger partial charge is 0.384 e. The minimum atomic E-state index is -4.45. The van der Waals surface area contributed by atoms with Gasteiger partial charge in [-0.1, -0.05) is 0 Å². The van der Waals surface area contributed by atoms with E-state index in [0.29, 0.717) is 29.8 Å². The Morgan fingerprint density at radius 3 is 2.72 bits per heavy atom. The van der Waals surface area contributed by atoms with E-state index in [2.05, 4.69) is 29.2 Å². The molecule has 1 saturated heterocycles. The van der Waals surface area contributed by atoms with Crippen LogP contribution in [0.4, 0.5) is 19.0 Å². The first-order valence-corrected chi connectivity index (χ1v) is 14.1. The number of likely N-dealkylation sites (tertiary alicyclic amines) is 1. The minimum Gasteiger partial charge on any atom is -0.384 e. The number of nitrogens with one attached hydrogen (secondary N) is 3. The maximum absolute atomic E-state index is 13.1. The van der Waals surface area contributed by atoms with Crippen molar-refractivity contribution in [3.63, 3.8) is 0 Å². The van der Waals surface area contributed by atoms with Crippen molar-refractivity contribution in [2.24, 2.45) is 12.0 Å². The molecule has 2 aromatic rings. The van der Waals surface area contributed by atoms with E-state index in [9.17, 15) is 23.1 Å². The summed E-state index contributed by atoms with van der Waals surface area (Å²) in [6.07, 6.45) is 0.292. The van der Waals surface area contributed by atoms with E-state index in [-0.39, 0.29) is 45.3 Å². The number of nitrogens with zero attached hydrogens (tertiary/aromatic N) is 4. The molecule has 4 N–H and O–H groups in total. The van der Waals surface area contributed by atoms with Crippen molar-refractivity contribution >= 4 is 54.0 Å². The molecule has 1 aromatic heterocycles. The number of benzene rings is 1. The number of aromatic nitrogens is 2. The van der Waals surface area contributed by atoms with Crippen molar-refractivity contribution in [3.05, 3.63) is 23.8 Å². The Bertz CT molecular complexity index is 1140. The van der Waals surface area contributed by atoms with Crippen molar-refractivity contribution in [1.29, 1.82) is 0 Å². The van der Waals surface area contributed by atoms with Crippen molar-refractivity contribution in [2.45, 2.75) is 49.5 Å². The molecular formula is C23H31F3IN7O2. The summed E-state index contributed by atoms with van der Waals surface area (Å²) < 4.78 is 45.7. The fourth-order valence-corrected chi connectivity index (χ4v) is 5.36. The second-order valence-corrected chi connectivity index (χ2v) is 11.5. The van der Waals surface area contributed by atoms with Gasteiger partial charge in [0.05, 0.1) is 33.4 Å². The molecule has 0 atom stereocenters. The molecule has 1 amide bonds. The number of hydrogen-bond donors (Lipinski definition) is 4. The predicted molar refractivity (Wildman–Crippen MR) is 143 cm³/mol. The standard InChI is InChI=1S/C23H31F3IN7O2/c1-28-27-14-29-13-22(36)7-5-17(6-8-22)34-11-16(12-34)31-20(35)10-30-21-18-9-15(23(24,25)26)3-4-19(18)33(2)32-21/h3-4,9,13-14,16-17,28,36H,5-8,10-12H2,1-2H3,(H,30,32)(H,31,35). The molecule has 1 aliphatic carbocycles. The summed E-state index contributed by atoms with van der Waals surface area (Å²) in [5.41, 5.74) is -1.05. The molecule has 1 saturated carbocycles. The Morgan fingerprint density at radius 1 is 1.33 bits per heavy atom. The van der Waals surface area contributed by atoms with Crippen molar-refractivity contribution < 1.29 is 23.1 Å². The average molecular weight is 621 g/mol. The minimum absolute atomic E-state index is 0.0269. The monoisotopic (exact) mass is 621 g/mol. The van der Waals surface area contributed by atoms with Crippen molar-refractivity contribution in [1.82, 2.24) is 23.5 Å². The van der Waals surface area contributed by atoms with E-state index in [1.807, 2.05) is 11.2 Å². The van der Waals surface area contributed by atoms with Gasteiger partial charge in [-0.2, -0.15) is 18.3 Å². The number of hydrogen-bond acceptors (Lipinski definition) is 7. The number of alkyl halides is 3. The lowest BCUT2D eigenvalue weighted by Gasteiger charge is -2.47. The zero-order valence-corrected chi connectivity index (χ0v) is 22.3. The molecular weight excluding hydrogens is 590 g/mol. The van der Waals surface area contributed by atoms with Crippen LogP contribution in [0.25, 0.3) is 10.9 Å². The predicted octanol–water partition coefficient (Wildman–Crippen LogP) is 2.41. The van der Waals surface area contributed by atoms with E-state index in [0.717, 1.165) is 38.1 Å². The molecule has 9 nitrogen and oxygen atoms in total. The van der Waals surface area contributed by atoms with Gasteiger partial charge in [0.15, 0.2) is 5.82 Å². The summed E-state index contributed by atoms with van der Waals surface area (Å²) in [5.74, 6) is 0.00734. The Hall–Kier alpha value is -2.10. The highest BCUT2D eigenvalue weighted by Gasteiger charge is 2.39. The van der Waals surface area contributed by atoms with Gasteiger partial charge >= 0.3 is 6.18 Å². The molecule has 13 heteroatoms. The van der Waals surface area contributed by atoms with Gasteiger partial charge in [-0.05, 0) is 71.9 Å². The van der Waals surface area contributed by atoms with Gasteiger partial charge < -0.3 is 15.7 Å². The van der Waals surface area contributed by atoms with Crippen LogP contribution in [0.1, 0.15) is 31.2 Å². The SMILES string of the molecule is CNI=CN=CC1(O)CCC(N2CC(NC(=O)CNc3nn(C)c4ccc(C(F)(F)F)cc34)C2)CC1. The number of amides is 1. The summed E-state index contributed by atoms with van der Waals surface area (Å²) in [4.78, 5) is 19.0. The van der Waals surface area contributed by atoms with Crippen LogP contribution in [0, 0.1) is 0 Å². The molecule has 0 unspecified atom stereocenters. The number of carbonyl (C=O) groups excluding carboxylic acids is 1. The molecule has 0 bridgehead atoms. The number of aryl methyl sites for hydroxylation is 1. The first-order valence-electron chi connectivity index (χ1n) is 11.8. The maximum Gasteiger partial charge on any atom is 0.416 e. The summed E-state index contributed by atoms with van der Waals surface area (Å²) in [5, 5.41) is 21.1. The fourth-order valence-electron chi connectivity index (χ4n) is 4.76. The Balaban J connectivity index is 1.22. The van der Waals surface area contributed by atoms with Gasteiger partial charge in [-0.25, -0.2) is 0 Å². The summed E-state index contributed by atoms with van der Waals surface area (Å²) in [6.45, 7) is 1.40. The van der Waals surface area contributed by atoms with Crippen LogP contribution in [0.3, 0.4) is 0 Å². The lowest BCUT2D eigenvalue weighted by atomic mass is 9.81. The van der Waals surface area contributed by atoms with Crippen molar-refractivity contribution in [3.8, 4) is 0 Å². The zero-order chi connectivity index (χ0) is 25.9. The van der Waals surface area contributed by atoms with Crippen LogP contribution in [-0.4, -0.2) is 80.4 Å². The molecule has 2 fully saturated rings. The number of aliphatic imine (C=N–C) groups is 1. The lowest BCUT2D eigenvalue weighted by molar-refractivity contribution is -0.137. The second-order valence-electron chi connectivity index (χ2n) is 9.28. The van der Waals surface area contributed by atoms with Crippen LogP contribution in [-0.2, 0) is 18.0 Å². The third kappa shape index (κ3) is 6.42. The van der Waals surface area contributed by atoms with Crippen LogP contribution < -0.4 is 14.2 Å². The van der Waals surface area contributed by atoms with Gasteiger partial charge in [0, 0.05) is 37.8 Å². The van der Waals surface area contributed by atoms with E-state index >= 15 is 0 Å². The van der Waals surface area contributed by atoms with Crippen LogP contribution in [0.15, 0.2) is 23.2 Å². The molecule has 0 radical (unpaired) electrons. The molecule has 1 aromatic carbocycles. The third-order valence-corrected chi connectivity index (χ3v) is 7.96. The normalized spacial score (nSPS) is 24.2. The molecule has 36 heavy (non-hydrogen) atoms. The van der Waals surface area contributed by atoms with E-state index in [1.54, 1.807) is 13.3 Å². The number of carbonyl (C=O) groups is 1. The van der Waals surface area contributed by atoms with Gasteiger partial charge in [0.2, 0.25) is 5.91 Å². The van der Waals surface area contributed by atoms with E-state index in [4.69, 9.17) is 0 Å². The summed E-state index contributed by atoms with van der Waals surface area (Å²) in [7, 11) is 3.53. The topological polar surface area (TPSA) is 107 Å². The number of rotatable bonds is 8. The summed E-state index contributed by atoms with van der Waals surface area (Å²) >= 11 is -0.256. The Morgan fingerprint density at radius 2 is 2.06 bits per heavy atom. The quantitative estimate of drug-likeness (QED) is 0.205. The van der Waals surface area contributed by atoms with Crippen LogP contribution in [0.2, 0.25) is 0 Å². The van der Waals surface area contributed by atoms with Gasteiger partial charge in [-0.15, -0.1) is 0 Å². The number of fused-ring (bicyclic) bond motifs is 1. The average Bonchev–Trinajstić information content (AvgIpc) is 3.13. The molecule has 1 aliphatic heterocycles. The lowest BCUT2D eigenvalue weighted by Crippen LogP contribution is -2.63. The first-order chi connectivity index (χ1) is 17.1. The molecule has 2 aliphatic rings. The van der Waals surface area contributed by atoms with Crippen LogP contribution >= 0.6 is 21.0 Å². The van der Waals surface area contributed by atoms with Gasteiger partial charge in [0.1, 0.15) is 0 Å². The molecule has 2 heterocycles. The van der Waals surface area contributed by atoms with E-state index < -0.39 is 17.3 Å². The second kappa shape index (κ2) is 11.1. The highest BCUT2D eigenvalue weighted by atomic mass is 127. The van der Waals surface area contributed by atoms with Crippen molar-refractivity contribution in [2.75, 3.05) is 32.0 Å². The number of anilines is 1. The third-order valence-electron chi connectivity index (χ3n) is 6.74. The molecule has 4 rings (SSSR count).